The molecule has 7 heterocycles. The molecule has 7 atom stereocenters. The smallest absolute Gasteiger partial charge is 0.421 e. The van der Waals surface area contributed by atoms with Crippen molar-refractivity contribution in [2.45, 2.75) is 183 Å². The van der Waals surface area contributed by atoms with Gasteiger partial charge in [-0.25, -0.2) is 19.4 Å². The molecule has 0 aliphatic carbocycles. The molecule has 0 N–H and O–H groups in total. The number of carbonyl (C=O) groups is 14. The molecule has 10 aromatic carbocycles. The minimum atomic E-state index is -0.601. The number of fused-ring (bicyclic) bond motifs is 2. The zero-order chi connectivity index (χ0) is 108. The van der Waals surface area contributed by atoms with Crippen LogP contribution in [0, 0.1) is 37.9 Å². The summed E-state index contributed by atoms with van der Waals surface area (Å²) < 4.78 is 10.4. The van der Waals surface area contributed by atoms with Crippen molar-refractivity contribution in [3.8, 4) is 16.9 Å². The lowest BCUT2D eigenvalue weighted by molar-refractivity contribution is -0.155. The van der Waals surface area contributed by atoms with Gasteiger partial charge in [0.05, 0.1) is 37.9 Å². The highest BCUT2D eigenvalue weighted by Crippen LogP contribution is 2.44. The van der Waals surface area contributed by atoms with E-state index in [2.05, 4.69) is 46.1 Å². The van der Waals surface area contributed by atoms with Crippen molar-refractivity contribution < 1.29 is 76.6 Å². The summed E-state index contributed by atoms with van der Waals surface area (Å²) in [7, 11) is 0. The second-order valence-electron chi connectivity index (χ2n) is 40.8. The van der Waals surface area contributed by atoms with E-state index in [4.69, 9.17) is 9.47 Å². The van der Waals surface area contributed by atoms with E-state index >= 15 is 0 Å². The SMILES string of the molecule is C=CC[C@]1(C)CCCN(C(=O)Oc2ccccc2)C1=O.C=CC[C@]1(C)CCCN(C(=O)c2ccc(-c3ccccc3)cc2)C1=O.C=CC[C@]1(C)CCCN(C(=O)c2ccc3ccccc3c2)C1=O.C=CC[C@]1(C)CCCN(C(=O)c2cccc3ccccc23)C1=O.C=CC[C@]1(C)CCN(C(=O)OCc2ccccc2)C1=O.C=CC[C@]1(C)CCN(C(=O)c2ccccc2)C1=O.C=CC[C@]1(Cc2ccccc2)CCCN(C(C)=O)C1=O. The Hall–Kier alpha value is -15.5. The van der Waals surface area contributed by atoms with E-state index in [1.54, 1.807) is 115 Å². The number of amides is 14. The molecule has 7 fully saturated rings. The van der Waals surface area contributed by atoms with Gasteiger partial charge in [-0.05, 0) is 227 Å². The lowest BCUT2D eigenvalue weighted by Crippen LogP contribution is -2.51. The predicted octanol–water partition coefficient (Wildman–Crippen LogP) is 25.2. The fourth-order valence-corrected chi connectivity index (χ4v) is 20.5. The largest absolute Gasteiger partial charge is 0.444 e. The van der Waals surface area contributed by atoms with Crippen LogP contribution in [0.25, 0.3) is 32.7 Å². The molecule has 0 aromatic heterocycles. The second-order valence-corrected chi connectivity index (χ2v) is 40.8. The standard InChI is InChI=1S/C22H23NO2.2C20H21NO2.C17H21NO2.2C16H19NO3.C15H17NO2/c1-3-14-22(2)15-7-16-23(21(22)25)20(24)19-12-10-18(11-13-19)17-8-5-4-6-9-17;1-3-12-20(2)13-7-14-21(19(20)23)18(22)17-11-6-9-15-8-4-5-10-16(15)17;1-3-11-20(2)12-6-13-21(19(20)23)18(22)17-10-9-15-7-4-5-8-16(15)14-17;1-3-10-17(13-15-8-5-4-6-9-15)11-7-12-18(14(2)19)16(17)20;1-3-10-16(2)11-7-12-17(14(16)18)15(19)20-13-8-5-4-6-9-13;1-3-9-16(2)10-11-17(14(16)18)15(19)20-12-13-7-5-4-6-8-13;1-3-9-15(2)10-11-16(14(15)18)13(17)12-7-5-4-6-8-12/h3-6,8-13H,1,7,14-16H2,2H3;3-6,8-11H,1,7,12-14H2,2H3;3-5,7-10,14H,1,6,11-13H2,2H3;3-6,8-9H,1,7,10-13H2,2H3;3-6,8-9H,1,7,10-12H2,2H3;3-8H,1,9-12H2,2H3;3-8H,1,9-11H2,2H3/t22-;2*20-;17-;2*16-;15-/m1111111/s1. The molecular weight excluding hydrogens is 1870 g/mol. The van der Waals surface area contributed by atoms with E-state index in [0.29, 0.717) is 138 Å². The highest BCUT2D eigenvalue weighted by molar-refractivity contribution is 6.14. The van der Waals surface area contributed by atoms with Gasteiger partial charge in [-0.3, -0.25) is 82.0 Å². The molecular formula is C126H141N7O16. The van der Waals surface area contributed by atoms with Crippen molar-refractivity contribution in [3.05, 3.63) is 383 Å². The third-order valence-electron chi connectivity index (χ3n) is 29.2. The first kappa shape index (κ1) is 114. The Morgan fingerprint density at radius 1 is 0.289 bits per heavy atom. The lowest BCUT2D eigenvalue weighted by Gasteiger charge is -2.40. The van der Waals surface area contributed by atoms with Crippen molar-refractivity contribution in [3.63, 3.8) is 0 Å². The van der Waals surface area contributed by atoms with Crippen LogP contribution in [0.2, 0.25) is 0 Å². The molecule has 776 valence electrons. The van der Waals surface area contributed by atoms with E-state index in [9.17, 15) is 67.1 Å². The van der Waals surface area contributed by atoms with Crippen molar-refractivity contribution in [2.24, 2.45) is 37.9 Å². The van der Waals surface area contributed by atoms with Gasteiger partial charge in [0.2, 0.25) is 47.3 Å². The normalized spacial score (nSPS) is 21.8. The maximum atomic E-state index is 13.0. The third kappa shape index (κ3) is 28.3. The maximum absolute atomic E-state index is 13.0. The number of piperidine rings is 5. The molecule has 0 unspecified atom stereocenters. The fourth-order valence-electron chi connectivity index (χ4n) is 20.5. The van der Waals surface area contributed by atoms with E-state index in [0.717, 1.165) is 108 Å². The number of nitrogens with zero attached hydrogens (tertiary/aromatic N) is 7. The summed E-state index contributed by atoms with van der Waals surface area (Å²) in [6.07, 6.45) is 25.5. The highest BCUT2D eigenvalue weighted by Gasteiger charge is 2.50. The number of allylic oxidation sites excluding steroid dienone is 7. The average Bonchev–Trinajstić information content (AvgIpc) is 1.74. The molecule has 14 amide bonds. The van der Waals surface area contributed by atoms with Crippen LogP contribution < -0.4 is 4.74 Å². The Morgan fingerprint density at radius 3 is 1.09 bits per heavy atom. The zero-order valence-corrected chi connectivity index (χ0v) is 87.3. The summed E-state index contributed by atoms with van der Waals surface area (Å²) >= 11 is 0. The Morgan fingerprint density at radius 2 is 0.624 bits per heavy atom. The average molecular weight is 2010 g/mol. The number of imide groups is 7. The molecule has 0 bridgehead atoms. The molecule has 23 nitrogen and oxygen atoms in total. The summed E-state index contributed by atoms with van der Waals surface area (Å²) in [5, 5.41) is 4.00. The maximum Gasteiger partial charge on any atom is 0.421 e. The number of likely N-dealkylation sites (tertiary alicyclic amines) is 7. The first-order valence-corrected chi connectivity index (χ1v) is 51.3. The van der Waals surface area contributed by atoms with Crippen LogP contribution in [0.1, 0.15) is 223 Å². The minimum Gasteiger partial charge on any atom is -0.444 e. The van der Waals surface area contributed by atoms with Crippen LogP contribution in [0.15, 0.2) is 349 Å². The molecule has 7 saturated heterocycles. The number of hydrogen-bond donors (Lipinski definition) is 0. The summed E-state index contributed by atoms with van der Waals surface area (Å²) in [5.74, 6) is -1.24. The van der Waals surface area contributed by atoms with E-state index in [-0.39, 0.29) is 77.5 Å². The Labute approximate surface area is 877 Å². The molecule has 0 saturated carbocycles. The van der Waals surface area contributed by atoms with Gasteiger partial charge in [0, 0.05) is 75.0 Å². The third-order valence-corrected chi connectivity index (χ3v) is 29.2. The van der Waals surface area contributed by atoms with Gasteiger partial charge in [0.15, 0.2) is 0 Å². The monoisotopic (exact) mass is 2010 g/mol. The van der Waals surface area contributed by atoms with E-state index in [1.807, 2.05) is 230 Å². The quantitative estimate of drug-likeness (QED) is 0.0401. The van der Waals surface area contributed by atoms with Gasteiger partial charge < -0.3 is 9.47 Å². The number of rotatable bonds is 24. The van der Waals surface area contributed by atoms with Crippen molar-refractivity contribution in [1.82, 2.24) is 34.3 Å². The Kier molecular flexibility index (Phi) is 40.2. The summed E-state index contributed by atoms with van der Waals surface area (Å²) in [4.78, 5) is 184. The number of para-hydroxylation sites is 1. The molecule has 7 aliphatic rings. The van der Waals surface area contributed by atoms with Gasteiger partial charge in [-0.1, -0.05) is 290 Å². The summed E-state index contributed by atoms with van der Waals surface area (Å²) in [6.45, 7) is 42.5. The van der Waals surface area contributed by atoms with Crippen LogP contribution in [-0.4, -0.2) is 163 Å². The predicted molar refractivity (Wildman–Crippen MR) is 586 cm³/mol. The molecule has 0 radical (unpaired) electrons. The Balaban J connectivity index is 0.000000165. The number of carbonyl (C=O) groups excluding carboxylic acids is 14. The number of benzene rings is 10. The molecule has 23 heteroatoms. The van der Waals surface area contributed by atoms with Crippen molar-refractivity contribution >= 4 is 105 Å². The van der Waals surface area contributed by atoms with Crippen LogP contribution >= 0.6 is 0 Å². The first-order valence-electron chi connectivity index (χ1n) is 51.3. The number of hydrogen-bond acceptors (Lipinski definition) is 16. The number of ether oxygens (including phenoxy) is 2. The van der Waals surface area contributed by atoms with Crippen molar-refractivity contribution in [2.75, 3.05) is 45.8 Å². The van der Waals surface area contributed by atoms with Gasteiger partial charge >= 0.3 is 12.2 Å². The second kappa shape index (κ2) is 52.7. The van der Waals surface area contributed by atoms with Gasteiger partial charge in [-0.2, -0.15) is 0 Å². The van der Waals surface area contributed by atoms with E-state index < -0.39 is 50.1 Å². The molecule has 149 heavy (non-hydrogen) atoms. The van der Waals surface area contributed by atoms with Crippen molar-refractivity contribution in [1.29, 1.82) is 0 Å². The molecule has 0 spiro atoms. The fraction of sp³-hybridized carbons (Fsp3) is 0.333. The molecule has 10 aromatic rings. The van der Waals surface area contributed by atoms with Crippen LogP contribution in [0.3, 0.4) is 0 Å². The molecule has 17 rings (SSSR count). The molecule has 7 aliphatic heterocycles. The zero-order valence-electron chi connectivity index (χ0n) is 87.3. The van der Waals surface area contributed by atoms with Gasteiger partial charge in [-0.15, -0.1) is 46.1 Å². The summed E-state index contributed by atoms with van der Waals surface area (Å²) in [5.41, 5.74) is 2.90. The highest BCUT2D eigenvalue weighted by atomic mass is 16.6. The Bertz CT molecular complexity index is 6520. The van der Waals surface area contributed by atoms with Gasteiger partial charge in [0.1, 0.15) is 12.4 Å². The topological polar surface area (TPSA) is 280 Å². The lowest BCUT2D eigenvalue weighted by atomic mass is 9.72. The van der Waals surface area contributed by atoms with Crippen LogP contribution in [0.5, 0.6) is 5.75 Å². The van der Waals surface area contributed by atoms with Crippen LogP contribution in [-0.2, 0) is 56.1 Å². The van der Waals surface area contributed by atoms with E-state index in [1.165, 1.54) is 41.2 Å². The van der Waals surface area contributed by atoms with Crippen LogP contribution in [0.4, 0.5) is 9.59 Å². The minimum absolute atomic E-state index is 0.0417. The van der Waals surface area contributed by atoms with Gasteiger partial charge in [0.25, 0.3) is 23.6 Å². The first-order chi connectivity index (χ1) is 71.5. The summed E-state index contributed by atoms with van der Waals surface area (Å²) in [6, 6.07) is 81.5.